The molecule has 3 aromatic carbocycles. The molecule has 0 aromatic heterocycles. The van der Waals surface area contributed by atoms with Crippen molar-refractivity contribution in [1.82, 2.24) is 5.06 Å². The van der Waals surface area contributed by atoms with Crippen molar-refractivity contribution in [1.29, 1.82) is 0 Å². The molecule has 3 aromatic rings. The maximum absolute atomic E-state index is 12.8. The Hall–Kier alpha value is -3.15. The van der Waals surface area contributed by atoms with Crippen molar-refractivity contribution >= 4 is 26.2 Å². The SMILES string of the molecule is CON(C)C(=O)C(C)Oc1ccccc1[CH]=[Ru]=[C]1N(c2c(C(C)C)cccc2C(C)C)CCN1c1c(C(C)C)cccc1C(C)C. The Bertz CT molecular complexity index is 1460. The number of benzene rings is 3. The summed E-state index contributed by atoms with van der Waals surface area (Å²) in [5, 5.41) is 1.21. The van der Waals surface area contributed by atoms with Crippen LogP contribution in [0.3, 0.4) is 0 Å². The average molecular weight is 713 g/mol. The van der Waals surface area contributed by atoms with E-state index in [4.69, 9.17) is 9.57 Å². The van der Waals surface area contributed by atoms with Gasteiger partial charge in [-0.25, -0.2) is 0 Å². The van der Waals surface area contributed by atoms with Crippen LogP contribution in [0.5, 0.6) is 5.75 Å². The first-order valence-corrected chi connectivity index (χ1v) is 18.4. The van der Waals surface area contributed by atoms with Crippen molar-refractivity contribution in [3.05, 3.63) is 88.5 Å². The van der Waals surface area contributed by atoms with Gasteiger partial charge < -0.3 is 0 Å². The third kappa shape index (κ3) is 7.69. The van der Waals surface area contributed by atoms with E-state index in [1.165, 1.54) is 50.2 Å². The van der Waals surface area contributed by atoms with Crippen LogP contribution >= 0.6 is 0 Å². The van der Waals surface area contributed by atoms with Crippen molar-refractivity contribution in [3.63, 3.8) is 0 Å². The second kappa shape index (κ2) is 15.6. The number of para-hydroxylation sites is 3. The normalized spacial score (nSPS) is 14.2. The maximum atomic E-state index is 12.8. The van der Waals surface area contributed by atoms with E-state index in [2.05, 4.69) is 112 Å². The second-order valence-electron chi connectivity index (χ2n) is 13.3. The molecule has 1 amide bonds. The van der Waals surface area contributed by atoms with E-state index in [1.807, 2.05) is 18.2 Å². The molecule has 0 N–H and O–H groups in total. The first kappa shape index (κ1) is 35.7. The minimum absolute atomic E-state index is 0.231. The molecule has 1 fully saturated rings. The van der Waals surface area contributed by atoms with Crippen molar-refractivity contribution in [3.8, 4) is 5.75 Å². The van der Waals surface area contributed by atoms with Gasteiger partial charge in [-0.3, -0.25) is 0 Å². The zero-order valence-corrected chi connectivity index (χ0v) is 31.3. The van der Waals surface area contributed by atoms with Gasteiger partial charge in [-0.2, -0.15) is 0 Å². The van der Waals surface area contributed by atoms with Gasteiger partial charge in [-0.05, 0) is 0 Å². The topological polar surface area (TPSA) is 45.2 Å². The Kier molecular flexibility index (Phi) is 12.1. The third-order valence-electron chi connectivity index (χ3n) is 8.61. The van der Waals surface area contributed by atoms with E-state index in [0.717, 1.165) is 18.7 Å². The number of amides is 1. The fourth-order valence-electron chi connectivity index (χ4n) is 6.04. The number of rotatable bonds is 11. The fourth-order valence-corrected chi connectivity index (χ4v) is 8.27. The molecule has 6 nitrogen and oxygen atoms in total. The van der Waals surface area contributed by atoms with Crippen LogP contribution in [0.2, 0.25) is 0 Å². The van der Waals surface area contributed by atoms with Crippen LogP contribution in [-0.4, -0.2) is 53.3 Å². The van der Waals surface area contributed by atoms with Gasteiger partial charge in [0.2, 0.25) is 0 Å². The fraction of sp³-hybridized carbons (Fsp3) is 0.462. The van der Waals surface area contributed by atoms with Crippen LogP contribution in [0.15, 0.2) is 60.7 Å². The summed E-state index contributed by atoms with van der Waals surface area (Å²) in [6.45, 7) is 22.1. The van der Waals surface area contributed by atoms with Gasteiger partial charge in [-0.15, -0.1) is 0 Å². The van der Waals surface area contributed by atoms with Crippen LogP contribution in [0.4, 0.5) is 11.4 Å². The number of likely N-dealkylation sites (N-methyl/N-ethyl adjacent to an activating group) is 1. The molecule has 0 bridgehead atoms. The quantitative estimate of drug-likeness (QED) is 0.148. The van der Waals surface area contributed by atoms with Crippen LogP contribution in [0.1, 0.15) is 114 Å². The molecule has 7 heteroatoms. The second-order valence-corrected chi connectivity index (χ2v) is 15.1. The molecular weight excluding hydrogens is 660 g/mol. The van der Waals surface area contributed by atoms with Gasteiger partial charge in [0.1, 0.15) is 0 Å². The molecule has 1 saturated heterocycles. The standard InChI is InChI=1S/C27H38N2.C12H15NO3.Ru/c1-18(2)22-11-9-12-23(19(3)4)26(22)28-15-16-29(17-28)27-24(20(5)6)13-10-14-25(27)21(7)8;1-9-7-5-6-8-11(9)16-10(2)12(14)13(3)15-4;/h9-14,18-21H,15-16H2,1-8H3;1,5-8,10H,2-4H3;. The van der Waals surface area contributed by atoms with Crippen molar-refractivity contribution < 1.29 is 30.6 Å². The number of hydrogen-bond acceptors (Lipinski definition) is 5. The summed E-state index contributed by atoms with van der Waals surface area (Å²) in [4.78, 5) is 23.1. The number of ether oxygens (including phenoxy) is 1. The van der Waals surface area contributed by atoms with Gasteiger partial charge in [0.15, 0.2) is 0 Å². The minimum atomic E-state index is -0.680. The van der Waals surface area contributed by atoms with Crippen LogP contribution in [0, 0.1) is 0 Å². The Morgan fingerprint density at radius 1 is 0.717 bits per heavy atom. The summed E-state index contributed by atoms with van der Waals surface area (Å²) in [5.41, 5.74) is 9.31. The number of carbonyl (C=O) groups is 1. The number of carbonyl (C=O) groups excluding carboxylic acids is 1. The van der Waals surface area contributed by atoms with Gasteiger partial charge in [-0.1, -0.05) is 0 Å². The van der Waals surface area contributed by atoms with Gasteiger partial charge in [0.25, 0.3) is 0 Å². The van der Waals surface area contributed by atoms with E-state index >= 15 is 0 Å². The molecule has 1 aliphatic rings. The Morgan fingerprint density at radius 3 is 1.57 bits per heavy atom. The van der Waals surface area contributed by atoms with Gasteiger partial charge in [0.05, 0.1) is 0 Å². The molecule has 4 rings (SSSR count). The van der Waals surface area contributed by atoms with Gasteiger partial charge in [0, 0.05) is 0 Å². The number of hydroxylamine groups is 2. The molecule has 250 valence electrons. The van der Waals surface area contributed by atoms with E-state index in [9.17, 15) is 4.79 Å². The molecule has 1 heterocycles. The molecule has 1 atom stereocenters. The van der Waals surface area contributed by atoms with E-state index < -0.39 is 22.3 Å². The number of anilines is 2. The molecule has 1 aliphatic heterocycles. The molecule has 46 heavy (non-hydrogen) atoms. The van der Waals surface area contributed by atoms with Crippen LogP contribution in [-0.2, 0) is 25.9 Å². The molecule has 0 saturated carbocycles. The molecule has 0 aliphatic carbocycles. The Balaban J connectivity index is 1.96. The van der Waals surface area contributed by atoms with Crippen molar-refractivity contribution in [2.75, 3.05) is 37.0 Å². The van der Waals surface area contributed by atoms with Crippen molar-refractivity contribution in [2.45, 2.75) is 92.1 Å². The third-order valence-corrected chi connectivity index (χ3v) is 10.8. The van der Waals surface area contributed by atoms with Gasteiger partial charge >= 0.3 is 285 Å². The van der Waals surface area contributed by atoms with Crippen LogP contribution in [0.25, 0.3) is 0 Å². The average Bonchev–Trinajstić information content (AvgIpc) is 3.45. The molecule has 0 radical (unpaired) electrons. The first-order chi connectivity index (χ1) is 21.9. The predicted molar refractivity (Wildman–Crippen MR) is 190 cm³/mol. The summed E-state index contributed by atoms with van der Waals surface area (Å²) in [7, 11) is 3.09. The Morgan fingerprint density at radius 2 is 1.15 bits per heavy atom. The summed E-state index contributed by atoms with van der Waals surface area (Å²) in [6, 6.07) is 21.7. The molecular formula is C39H53N3O3Ru. The Labute approximate surface area is 284 Å². The number of hydrogen-bond donors (Lipinski definition) is 0. The zero-order chi connectivity index (χ0) is 33.7. The first-order valence-electron chi connectivity index (χ1n) is 16.6. The molecule has 0 spiro atoms. The molecule has 1 unspecified atom stereocenters. The monoisotopic (exact) mass is 713 g/mol. The zero-order valence-electron chi connectivity index (χ0n) is 29.6. The summed E-state index contributed by atoms with van der Waals surface area (Å²) < 4.78 is 9.95. The van der Waals surface area contributed by atoms with E-state index in [0.29, 0.717) is 29.4 Å². The summed E-state index contributed by atoms with van der Waals surface area (Å²) in [5.74, 6) is 2.07. The summed E-state index contributed by atoms with van der Waals surface area (Å²) >= 11 is -0.405. The van der Waals surface area contributed by atoms with Crippen LogP contribution < -0.4 is 14.5 Å². The van der Waals surface area contributed by atoms with Crippen molar-refractivity contribution in [2.24, 2.45) is 0 Å². The van der Waals surface area contributed by atoms with E-state index in [1.54, 1.807) is 14.0 Å². The van der Waals surface area contributed by atoms with E-state index in [-0.39, 0.29) is 5.91 Å². The predicted octanol–water partition coefficient (Wildman–Crippen LogP) is 8.31. The summed E-state index contributed by atoms with van der Waals surface area (Å²) in [6.07, 6.45) is -0.680. The number of nitrogens with zero attached hydrogens (tertiary/aromatic N) is 3.